The first kappa shape index (κ1) is 18.0. The van der Waals surface area contributed by atoms with Crippen LogP contribution in [0.5, 0.6) is 5.75 Å². The Balaban J connectivity index is 1.56. The fourth-order valence-corrected chi connectivity index (χ4v) is 4.30. The van der Waals surface area contributed by atoms with Crippen LogP contribution in [0.2, 0.25) is 0 Å². The van der Waals surface area contributed by atoms with Crippen LogP contribution in [0.1, 0.15) is 31.2 Å². The van der Waals surface area contributed by atoms with Crippen molar-refractivity contribution in [2.45, 2.75) is 39.4 Å². The molecule has 1 fully saturated rings. The van der Waals surface area contributed by atoms with E-state index in [-0.39, 0.29) is 11.8 Å². The number of nitrogens with zero attached hydrogens (tertiary/aromatic N) is 4. The summed E-state index contributed by atoms with van der Waals surface area (Å²) < 4.78 is 8.29. The second kappa shape index (κ2) is 6.96. The Morgan fingerprint density at radius 3 is 2.74 bits per heavy atom. The molecule has 4 rings (SSSR count). The standard InChI is InChI=1S/C20H26N4O3/c1-13(2)8-24-20(26)19(25)23-11-15-10-22(12-17(15)18(23)21-24)9-14-5-4-6-16(7-14)27-3/h4-7,13,15,17H,8-12H2,1-3H3/t15-,17+/m0/s1. The number of benzene rings is 1. The summed E-state index contributed by atoms with van der Waals surface area (Å²) in [5.41, 5.74) is 0.291. The fraction of sp³-hybridized carbons (Fsp3) is 0.550. The summed E-state index contributed by atoms with van der Waals surface area (Å²) in [7, 11) is 1.68. The highest BCUT2D eigenvalue weighted by Crippen LogP contribution is 2.37. The van der Waals surface area contributed by atoms with E-state index in [1.165, 1.54) is 10.2 Å². The molecule has 0 aliphatic carbocycles. The van der Waals surface area contributed by atoms with Crippen molar-refractivity contribution in [2.24, 2.45) is 11.8 Å². The highest BCUT2D eigenvalue weighted by Gasteiger charge is 2.42. The molecule has 0 unspecified atom stereocenters. The summed E-state index contributed by atoms with van der Waals surface area (Å²) >= 11 is 0. The van der Waals surface area contributed by atoms with Crippen LogP contribution in [0.4, 0.5) is 0 Å². The van der Waals surface area contributed by atoms with E-state index < -0.39 is 11.1 Å². The van der Waals surface area contributed by atoms with E-state index in [9.17, 15) is 9.59 Å². The van der Waals surface area contributed by atoms with Gasteiger partial charge in [-0.05, 0) is 23.6 Å². The number of likely N-dealkylation sites (tertiary alicyclic amines) is 1. The molecule has 1 saturated heterocycles. The molecule has 7 nitrogen and oxygen atoms in total. The van der Waals surface area contributed by atoms with Crippen LogP contribution in [0.3, 0.4) is 0 Å². The van der Waals surface area contributed by atoms with Crippen LogP contribution in [-0.4, -0.2) is 39.4 Å². The molecule has 0 amide bonds. The van der Waals surface area contributed by atoms with E-state index in [4.69, 9.17) is 4.74 Å². The van der Waals surface area contributed by atoms with Gasteiger partial charge in [-0.25, -0.2) is 4.68 Å². The Kier molecular flexibility index (Phi) is 4.63. The van der Waals surface area contributed by atoms with Gasteiger partial charge in [-0.15, -0.1) is 0 Å². The van der Waals surface area contributed by atoms with Crippen molar-refractivity contribution in [1.82, 2.24) is 19.2 Å². The number of hydrogen-bond donors (Lipinski definition) is 0. The molecule has 0 saturated carbocycles. The molecule has 2 aliphatic rings. The van der Waals surface area contributed by atoms with Gasteiger partial charge in [0, 0.05) is 44.6 Å². The Labute approximate surface area is 158 Å². The molecule has 1 aromatic heterocycles. The third kappa shape index (κ3) is 3.32. The number of rotatable bonds is 5. The van der Waals surface area contributed by atoms with Gasteiger partial charge in [-0.2, -0.15) is 5.10 Å². The summed E-state index contributed by atoms with van der Waals surface area (Å²) in [6, 6.07) is 8.12. The molecule has 1 aromatic carbocycles. The molecule has 0 bridgehead atoms. The Morgan fingerprint density at radius 2 is 2.00 bits per heavy atom. The summed E-state index contributed by atoms with van der Waals surface area (Å²) in [5.74, 6) is 2.46. The maximum atomic E-state index is 12.5. The van der Waals surface area contributed by atoms with E-state index in [1.54, 1.807) is 11.7 Å². The minimum Gasteiger partial charge on any atom is -0.497 e. The first-order valence-electron chi connectivity index (χ1n) is 9.53. The molecule has 27 heavy (non-hydrogen) atoms. The monoisotopic (exact) mass is 370 g/mol. The Morgan fingerprint density at radius 1 is 1.19 bits per heavy atom. The average Bonchev–Trinajstić information content (AvgIpc) is 3.17. The lowest BCUT2D eigenvalue weighted by molar-refractivity contribution is 0.302. The number of fused-ring (bicyclic) bond motifs is 3. The zero-order valence-corrected chi connectivity index (χ0v) is 16.1. The Hall–Kier alpha value is -2.41. The van der Waals surface area contributed by atoms with Gasteiger partial charge in [0.15, 0.2) is 0 Å². The number of methoxy groups -OCH3 is 1. The van der Waals surface area contributed by atoms with Crippen LogP contribution in [0, 0.1) is 11.8 Å². The number of hydrogen-bond acceptors (Lipinski definition) is 5. The van der Waals surface area contributed by atoms with Crippen LogP contribution in [-0.2, 0) is 19.6 Å². The van der Waals surface area contributed by atoms with Gasteiger partial charge in [0.1, 0.15) is 11.6 Å². The van der Waals surface area contributed by atoms with Crippen LogP contribution >= 0.6 is 0 Å². The highest BCUT2D eigenvalue weighted by molar-refractivity contribution is 5.28. The van der Waals surface area contributed by atoms with Gasteiger partial charge in [0.05, 0.1) is 7.11 Å². The molecule has 3 heterocycles. The van der Waals surface area contributed by atoms with E-state index in [2.05, 4.69) is 22.1 Å². The zero-order chi connectivity index (χ0) is 19.1. The molecule has 7 heteroatoms. The molecule has 0 N–H and O–H groups in total. The first-order chi connectivity index (χ1) is 13.0. The minimum absolute atomic E-state index is 0.210. The SMILES string of the molecule is COc1cccc(CN2C[C@H]3Cn4c(nn(CC(C)C)c(=O)c4=O)[C@@H]3C2)c1. The maximum absolute atomic E-state index is 12.5. The second-order valence-electron chi connectivity index (χ2n) is 8.07. The summed E-state index contributed by atoms with van der Waals surface area (Å²) in [4.78, 5) is 27.2. The largest absolute Gasteiger partial charge is 0.497 e. The van der Waals surface area contributed by atoms with Crippen molar-refractivity contribution < 1.29 is 4.74 Å². The zero-order valence-electron chi connectivity index (χ0n) is 16.1. The van der Waals surface area contributed by atoms with E-state index in [1.807, 2.05) is 26.0 Å². The van der Waals surface area contributed by atoms with Crippen molar-refractivity contribution in [3.8, 4) is 5.75 Å². The molecular weight excluding hydrogens is 344 g/mol. The first-order valence-corrected chi connectivity index (χ1v) is 9.53. The Bertz CT molecular complexity index is 962. The molecule has 2 aliphatic heterocycles. The van der Waals surface area contributed by atoms with Crippen LogP contribution < -0.4 is 15.9 Å². The summed E-state index contributed by atoms with van der Waals surface area (Å²) in [6.07, 6.45) is 0. The van der Waals surface area contributed by atoms with Gasteiger partial charge in [0.2, 0.25) is 0 Å². The molecule has 2 atom stereocenters. The normalized spacial score (nSPS) is 21.5. The summed E-state index contributed by atoms with van der Waals surface area (Å²) in [6.45, 7) is 7.72. The molecule has 2 aromatic rings. The minimum atomic E-state index is -0.499. The van der Waals surface area contributed by atoms with Crippen LogP contribution in [0.25, 0.3) is 0 Å². The van der Waals surface area contributed by atoms with Crippen molar-refractivity contribution in [3.63, 3.8) is 0 Å². The lowest BCUT2D eigenvalue weighted by Gasteiger charge is -2.18. The van der Waals surface area contributed by atoms with Crippen LogP contribution in [0.15, 0.2) is 33.9 Å². The van der Waals surface area contributed by atoms with Crippen molar-refractivity contribution >= 4 is 0 Å². The number of aromatic nitrogens is 3. The van der Waals surface area contributed by atoms with Gasteiger partial charge in [-0.3, -0.25) is 19.1 Å². The quantitative estimate of drug-likeness (QED) is 0.742. The summed E-state index contributed by atoms with van der Waals surface area (Å²) in [5, 5.41) is 4.59. The molecule has 144 valence electrons. The van der Waals surface area contributed by atoms with Crippen molar-refractivity contribution in [3.05, 3.63) is 56.4 Å². The predicted molar refractivity (Wildman–Crippen MR) is 102 cm³/mol. The van der Waals surface area contributed by atoms with E-state index in [0.29, 0.717) is 19.0 Å². The third-order valence-electron chi connectivity index (χ3n) is 5.51. The lowest BCUT2D eigenvalue weighted by atomic mass is 10.00. The topological polar surface area (TPSA) is 69.4 Å². The van der Waals surface area contributed by atoms with Crippen molar-refractivity contribution in [1.29, 1.82) is 0 Å². The fourth-order valence-electron chi connectivity index (χ4n) is 4.30. The van der Waals surface area contributed by atoms with Crippen molar-refractivity contribution in [2.75, 3.05) is 20.2 Å². The maximum Gasteiger partial charge on any atom is 0.332 e. The lowest BCUT2D eigenvalue weighted by Crippen LogP contribution is -2.44. The van der Waals surface area contributed by atoms with Gasteiger partial charge in [-0.1, -0.05) is 26.0 Å². The molecular formula is C20H26N4O3. The van der Waals surface area contributed by atoms with Gasteiger partial charge in [0.25, 0.3) is 0 Å². The van der Waals surface area contributed by atoms with Gasteiger partial charge < -0.3 is 4.74 Å². The van der Waals surface area contributed by atoms with E-state index >= 15 is 0 Å². The molecule has 0 spiro atoms. The third-order valence-corrected chi connectivity index (χ3v) is 5.51. The number of ether oxygens (including phenoxy) is 1. The van der Waals surface area contributed by atoms with Gasteiger partial charge >= 0.3 is 11.1 Å². The smallest absolute Gasteiger partial charge is 0.332 e. The average molecular weight is 370 g/mol. The predicted octanol–water partition coefficient (Wildman–Crippen LogP) is 1.30. The molecule has 0 radical (unpaired) electrons. The second-order valence-corrected chi connectivity index (χ2v) is 8.07. The van der Waals surface area contributed by atoms with E-state index in [0.717, 1.165) is 31.2 Å². The highest BCUT2D eigenvalue weighted by atomic mass is 16.5.